The third-order valence-electron chi connectivity index (χ3n) is 3.72. The highest BCUT2D eigenvalue weighted by atomic mass is 35.5. The number of nitrogens with two attached hydrogens (primary N) is 1. The molecule has 1 saturated heterocycles. The maximum atomic E-state index is 12.6. The molecule has 2 aromatic rings. The molecule has 1 heterocycles. The molecule has 25 heavy (non-hydrogen) atoms. The molecule has 2 amide bonds. The average molecular weight is 380 g/mol. The molecule has 0 bridgehead atoms. The van der Waals surface area contributed by atoms with Crippen LogP contribution in [0.1, 0.15) is 6.42 Å². The number of benzene rings is 2. The van der Waals surface area contributed by atoms with Gasteiger partial charge in [-0.1, -0.05) is 23.7 Å². The monoisotopic (exact) mass is 379 g/mol. The van der Waals surface area contributed by atoms with Crippen molar-refractivity contribution in [2.45, 2.75) is 17.4 Å². The highest BCUT2D eigenvalue weighted by molar-refractivity contribution is 7.89. The SMILES string of the molecule is NS(=O)(=O)c1cccc(N[C@H]2CC(=O)N(c3cccc(Cl)c3)C2=O)c1. The minimum absolute atomic E-state index is 0.0506. The second-order valence-electron chi connectivity index (χ2n) is 5.52. The van der Waals surface area contributed by atoms with Gasteiger partial charge < -0.3 is 5.32 Å². The Morgan fingerprint density at radius 3 is 2.52 bits per heavy atom. The number of hydrogen-bond donors (Lipinski definition) is 2. The molecule has 2 aromatic carbocycles. The summed E-state index contributed by atoms with van der Waals surface area (Å²) in [5, 5.41) is 8.39. The Morgan fingerprint density at radius 2 is 1.84 bits per heavy atom. The number of amides is 2. The van der Waals surface area contributed by atoms with E-state index in [0.29, 0.717) is 16.4 Å². The van der Waals surface area contributed by atoms with Crippen molar-refractivity contribution >= 4 is 44.8 Å². The van der Waals surface area contributed by atoms with E-state index >= 15 is 0 Å². The van der Waals surface area contributed by atoms with Gasteiger partial charge in [0.25, 0.3) is 5.91 Å². The zero-order chi connectivity index (χ0) is 18.2. The molecule has 130 valence electrons. The third kappa shape index (κ3) is 3.65. The molecule has 1 aliphatic rings. The van der Waals surface area contributed by atoms with Crippen molar-refractivity contribution in [3.8, 4) is 0 Å². The number of rotatable bonds is 4. The lowest BCUT2D eigenvalue weighted by Gasteiger charge is -2.16. The highest BCUT2D eigenvalue weighted by Gasteiger charge is 2.39. The number of carbonyl (C=O) groups excluding carboxylic acids is 2. The molecule has 1 fully saturated rings. The summed E-state index contributed by atoms with van der Waals surface area (Å²) in [7, 11) is -3.86. The lowest BCUT2D eigenvalue weighted by molar-refractivity contribution is -0.121. The molecule has 0 aromatic heterocycles. The topological polar surface area (TPSA) is 110 Å². The molecule has 9 heteroatoms. The minimum atomic E-state index is -3.86. The normalized spacial score (nSPS) is 17.8. The lowest BCUT2D eigenvalue weighted by atomic mass is 10.2. The van der Waals surface area contributed by atoms with Crippen molar-refractivity contribution in [2.75, 3.05) is 10.2 Å². The first-order valence-corrected chi connectivity index (χ1v) is 9.20. The Balaban J connectivity index is 1.84. The van der Waals surface area contributed by atoms with Gasteiger partial charge in [-0.3, -0.25) is 9.59 Å². The van der Waals surface area contributed by atoms with Crippen LogP contribution in [0.25, 0.3) is 0 Å². The van der Waals surface area contributed by atoms with E-state index in [2.05, 4.69) is 5.32 Å². The second-order valence-corrected chi connectivity index (χ2v) is 7.52. The van der Waals surface area contributed by atoms with E-state index < -0.39 is 22.0 Å². The van der Waals surface area contributed by atoms with Crippen LogP contribution < -0.4 is 15.4 Å². The number of primary sulfonamides is 1. The predicted molar refractivity (Wildman–Crippen MR) is 93.8 cm³/mol. The van der Waals surface area contributed by atoms with E-state index in [4.69, 9.17) is 16.7 Å². The summed E-state index contributed by atoms with van der Waals surface area (Å²) < 4.78 is 22.8. The molecule has 3 N–H and O–H groups in total. The van der Waals surface area contributed by atoms with Gasteiger partial charge in [0.15, 0.2) is 0 Å². The average Bonchev–Trinajstić information content (AvgIpc) is 2.81. The van der Waals surface area contributed by atoms with Gasteiger partial charge in [-0.05, 0) is 36.4 Å². The van der Waals surface area contributed by atoms with E-state index in [-0.39, 0.29) is 17.2 Å². The second kappa shape index (κ2) is 6.47. The predicted octanol–water partition coefficient (Wildman–Crippen LogP) is 1.73. The first-order chi connectivity index (χ1) is 11.8. The van der Waals surface area contributed by atoms with Crippen LogP contribution in [0.2, 0.25) is 5.02 Å². The number of hydrogen-bond acceptors (Lipinski definition) is 5. The van der Waals surface area contributed by atoms with Gasteiger partial charge in [-0.2, -0.15) is 0 Å². The van der Waals surface area contributed by atoms with Crippen molar-refractivity contribution in [1.29, 1.82) is 0 Å². The van der Waals surface area contributed by atoms with Gasteiger partial charge in [-0.15, -0.1) is 0 Å². The van der Waals surface area contributed by atoms with E-state index in [1.54, 1.807) is 24.3 Å². The van der Waals surface area contributed by atoms with Gasteiger partial charge in [0.2, 0.25) is 15.9 Å². The van der Waals surface area contributed by atoms with E-state index in [9.17, 15) is 18.0 Å². The van der Waals surface area contributed by atoms with Crippen LogP contribution in [0.15, 0.2) is 53.4 Å². The summed E-state index contributed by atoms with van der Waals surface area (Å²) in [5.41, 5.74) is 0.774. The van der Waals surface area contributed by atoms with Crippen LogP contribution >= 0.6 is 11.6 Å². The summed E-state index contributed by atoms with van der Waals surface area (Å²) in [6, 6.07) is 11.4. The molecule has 1 atom stereocenters. The highest BCUT2D eigenvalue weighted by Crippen LogP contribution is 2.27. The van der Waals surface area contributed by atoms with Gasteiger partial charge in [0, 0.05) is 10.7 Å². The number of sulfonamides is 1. The molecule has 0 unspecified atom stereocenters. The fourth-order valence-corrected chi connectivity index (χ4v) is 3.34. The quantitative estimate of drug-likeness (QED) is 0.786. The first-order valence-electron chi connectivity index (χ1n) is 7.27. The summed E-state index contributed by atoms with van der Waals surface area (Å²) in [6.07, 6.45) is -0.0506. The molecule has 0 spiro atoms. The summed E-state index contributed by atoms with van der Waals surface area (Å²) in [4.78, 5) is 25.8. The van der Waals surface area contributed by atoms with Gasteiger partial charge in [-0.25, -0.2) is 18.5 Å². The van der Waals surface area contributed by atoms with Crippen molar-refractivity contribution in [3.05, 3.63) is 53.6 Å². The standard InChI is InChI=1S/C16H14ClN3O4S/c17-10-3-1-5-12(7-10)20-15(21)9-14(16(20)22)19-11-4-2-6-13(8-11)25(18,23)24/h1-8,14,19H,9H2,(H2,18,23,24)/t14-/m0/s1. The Bertz CT molecular complexity index is 961. The maximum absolute atomic E-state index is 12.6. The molecule has 3 rings (SSSR count). The van der Waals surface area contributed by atoms with Crippen LogP contribution in [-0.4, -0.2) is 26.3 Å². The fourth-order valence-electron chi connectivity index (χ4n) is 2.60. The Morgan fingerprint density at radius 1 is 1.12 bits per heavy atom. The Hall–Kier alpha value is -2.42. The van der Waals surface area contributed by atoms with Crippen LogP contribution in [-0.2, 0) is 19.6 Å². The van der Waals surface area contributed by atoms with Crippen molar-refractivity contribution in [2.24, 2.45) is 5.14 Å². The van der Waals surface area contributed by atoms with Crippen molar-refractivity contribution < 1.29 is 18.0 Å². The summed E-state index contributed by atoms with van der Waals surface area (Å²) in [5.74, 6) is -0.805. The van der Waals surface area contributed by atoms with Crippen LogP contribution in [0, 0.1) is 0 Å². The number of nitrogens with zero attached hydrogens (tertiary/aromatic N) is 1. The smallest absolute Gasteiger partial charge is 0.256 e. The molecular formula is C16H14ClN3O4S. The van der Waals surface area contributed by atoms with Crippen LogP contribution in [0.5, 0.6) is 0 Å². The number of carbonyl (C=O) groups is 2. The molecule has 1 aliphatic heterocycles. The zero-order valence-corrected chi connectivity index (χ0v) is 14.4. The Kier molecular flexibility index (Phi) is 4.51. The van der Waals surface area contributed by atoms with Crippen molar-refractivity contribution in [1.82, 2.24) is 0 Å². The minimum Gasteiger partial charge on any atom is -0.373 e. The summed E-state index contributed by atoms with van der Waals surface area (Å²) >= 11 is 5.91. The molecule has 7 nitrogen and oxygen atoms in total. The van der Waals surface area contributed by atoms with Crippen molar-refractivity contribution in [3.63, 3.8) is 0 Å². The molecule has 0 aliphatic carbocycles. The van der Waals surface area contributed by atoms with Gasteiger partial charge in [0.1, 0.15) is 6.04 Å². The largest absolute Gasteiger partial charge is 0.373 e. The molecule has 0 saturated carbocycles. The van der Waals surface area contributed by atoms with Crippen LogP contribution in [0.4, 0.5) is 11.4 Å². The number of anilines is 2. The zero-order valence-electron chi connectivity index (χ0n) is 12.8. The Labute approximate surface area is 149 Å². The fraction of sp³-hybridized carbons (Fsp3) is 0.125. The summed E-state index contributed by atoms with van der Waals surface area (Å²) in [6.45, 7) is 0. The van der Waals surface area contributed by atoms with Gasteiger partial charge in [0.05, 0.1) is 17.0 Å². The van der Waals surface area contributed by atoms with E-state index in [1.807, 2.05) is 0 Å². The number of nitrogens with one attached hydrogen (secondary N) is 1. The lowest BCUT2D eigenvalue weighted by Crippen LogP contribution is -2.34. The first kappa shape index (κ1) is 17.4. The number of halogens is 1. The van der Waals surface area contributed by atoms with E-state index in [1.165, 1.54) is 24.3 Å². The third-order valence-corrected chi connectivity index (χ3v) is 4.86. The van der Waals surface area contributed by atoms with E-state index in [0.717, 1.165) is 4.90 Å². The number of imide groups is 1. The molecular weight excluding hydrogens is 366 g/mol. The maximum Gasteiger partial charge on any atom is 0.256 e. The van der Waals surface area contributed by atoms with Gasteiger partial charge >= 0.3 is 0 Å². The molecule has 0 radical (unpaired) electrons. The van der Waals surface area contributed by atoms with Crippen LogP contribution in [0.3, 0.4) is 0 Å².